The third kappa shape index (κ3) is 3.54. The summed E-state index contributed by atoms with van der Waals surface area (Å²) in [6.45, 7) is 1.85. The second-order valence-electron chi connectivity index (χ2n) is 6.04. The molecule has 0 aliphatic heterocycles. The van der Waals surface area contributed by atoms with Crippen LogP contribution in [0.2, 0.25) is 0 Å². The van der Waals surface area contributed by atoms with Gasteiger partial charge in [-0.3, -0.25) is 10.1 Å². The fourth-order valence-electron chi connectivity index (χ4n) is 2.84. The van der Waals surface area contributed by atoms with Gasteiger partial charge in [-0.15, -0.1) is 10.2 Å². The number of amides is 1. The molecule has 0 bridgehead atoms. The second-order valence-corrected chi connectivity index (χ2v) is 7.10. The minimum absolute atomic E-state index is 0.262. The van der Waals surface area contributed by atoms with Crippen molar-refractivity contribution in [3.63, 3.8) is 0 Å². The van der Waals surface area contributed by atoms with Crippen LogP contribution < -0.4 is 10.1 Å². The molecule has 0 saturated heterocycles. The molecule has 2 aromatic heterocycles. The summed E-state index contributed by atoms with van der Waals surface area (Å²) < 4.78 is 11.0. The van der Waals surface area contributed by atoms with Gasteiger partial charge in [0, 0.05) is 17.4 Å². The molecule has 0 atom stereocenters. The van der Waals surface area contributed by atoms with Gasteiger partial charge >= 0.3 is 0 Å². The zero-order chi connectivity index (χ0) is 18.8. The van der Waals surface area contributed by atoms with E-state index in [9.17, 15) is 4.79 Å². The summed E-state index contributed by atoms with van der Waals surface area (Å²) >= 11 is 1.35. The molecule has 0 fully saturated rings. The zero-order valence-corrected chi connectivity index (χ0v) is 15.7. The van der Waals surface area contributed by atoms with Crippen LogP contribution in [-0.4, -0.2) is 23.2 Å². The molecule has 27 heavy (non-hydrogen) atoms. The number of aryl methyl sites for hydroxylation is 1. The molecular weight excluding hydrogens is 362 g/mol. The van der Waals surface area contributed by atoms with Crippen molar-refractivity contribution in [3.05, 3.63) is 70.4 Å². The molecule has 0 radical (unpaired) electrons. The summed E-state index contributed by atoms with van der Waals surface area (Å²) in [5.74, 6) is 0.635. The van der Waals surface area contributed by atoms with E-state index < -0.39 is 0 Å². The number of anilines is 1. The van der Waals surface area contributed by atoms with E-state index in [1.165, 1.54) is 11.3 Å². The van der Waals surface area contributed by atoms with Gasteiger partial charge in [-0.05, 0) is 30.7 Å². The number of carbonyl (C=O) groups excluding carboxylic acids is 1. The number of hydrogen-bond donors (Lipinski definition) is 1. The summed E-state index contributed by atoms with van der Waals surface area (Å²) in [7, 11) is 1.60. The number of nitrogens with zero attached hydrogens (tertiary/aromatic N) is 2. The Labute approximate surface area is 159 Å². The number of methoxy groups -OCH3 is 1. The van der Waals surface area contributed by atoms with Gasteiger partial charge in [0.1, 0.15) is 16.3 Å². The molecule has 2 heterocycles. The number of carbonyl (C=O) groups is 1. The number of furan rings is 1. The number of benzene rings is 2. The van der Waals surface area contributed by atoms with Crippen LogP contribution in [-0.2, 0) is 6.42 Å². The van der Waals surface area contributed by atoms with E-state index in [1.807, 2.05) is 43.3 Å². The number of hydrogen-bond acceptors (Lipinski definition) is 6. The Morgan fingerprint density at radius 1 is 1.19 bits per heavy atom. The Morgan fingerprint density at radius 2 is 2.00 bits per heavy atom. The summed E-state index contributed by atoms with van der Waals surface area (Å²) in [6, 6.07) is 15.5. The molecule has 4 aromatic rings. The Hall–Kier alpha value is -3.19. The van der Waals surface area contributed by atoms with Crippen LogP contribution in [0.15, 0.2) is 52.9 Å². The molecule has 7 heteroatoms. The summed E-state index contributed by atoms with van der Waals surface area (Å²) in [6.07, 6.45) is 0.678. The number of ether oxygens (including phenoxy) is 1. The topological polar surface area (TPSA) is 77.2 Å². The SMILES string of the molecule is COc1ccc2oc(C(=O)Nc3nnc(Cc4ccccc4)s3)c(C)c2c1. The van der Waals surface area contributed by atoms with E-state index in [1.54, 1.807) is 19.2 Å². The van der Waals surface area contributed by atoms with Gasteiger partial charge in [-0.1, -0.05) is 41.7 Å². The first kappa shape index (κ1) is 17.2. The van der Waals surface area contributed by atoms with Gasteiger partial charge in [-0.25, -0.2) is 0 Å². The molecule has 0 saturated carbocycles. The lowest BCUT2D eigenvalue weighted by Gasteiger charge is -1.99. The lowest BCUT2D eigenvalue weighted by molar-refractivity contribution is 0.0998. The quantitative estimate of drug-likeness (QED) is 0.554. The van der Waals surface area contributed by atoms with Gasteiger partial charge < -0.3 is 9.15 Å². The predicted molar refractivity (Wildman–Crippen MR) is 105 cm³/mol. The molecule has 1 N–H and O–H groups in total. The predicted octanol–water partition coefficient (Wildman–Crippen LogP) is 4.44. The van der Waals surface area contributed by atoms with E-state index in [-0.39, 0.29) is 11.7 Å². The van der Waals surface area contributed by atoms with E-state index in [4.69, 9.17) is 9.15 Å². The molecule has 4 rings (SSSR count). The molecule has 0 spiro atoms. The van der Waals surface area contributed by atoms with Gasteiger partial charge in [0.05, 0.1) is 7.11 Å². The highest BCUT2D eigenvalue weighted by atomic mass is 32.1. The fourth-order valence-corrected chi connectivity index (χ4v) is 3.61. The lowest BCUT2D eigenvalue weighted by atomic mass is 10.1. The Morgan fingerprint density at radius 3 is 2.78 bits per heavy atom. The molecule has 0 unspecified atom stereocenters. The van der Waals surface area contributed by atoms with Crippen LogP contribution in [0.4, 0.5) is 5.13 Å². The third-order valence-corrected chi connectivity index (χ3v) is 5.07. The minimum atomic E-state index is -0.343. The second kappa shape index (κ2) is 7.20. The van der Waals surface area contributed by atoms with Crippen LogP contribution in [0.25, 0.3) is 11.0 Å². The minimum Gasteiger partial charge on any atom is -0.497 e. The highest BCUT2D eigenvalue weighted by molar-refractivity contribution is 7.15. The van der Waals surface area contributed by atoms with Gasteiger partial charge in [0.25, 0.3) is 5.91 Å². The first-order valence-electron chi connectivity index (χ1n) is 8.39. The van der Waals surface area contributed by atoms with Gasteiger partial charge in [0.2, 0.25) is 5.13 Å². The molecular formula is C20H17N3O3S. The summed E-state index contributed by atoms with van der Waals surface area (Å²) in [5, 5.41) is 13.1. The van der Waals surface area contributed by atoms with E-state index >= 15 is 0 Å². The van der Waals surface area contributed by atoms with Crippen molar-refractivity contribution >= 4 is 33.3 Å². The van der Waals surface area contributed by atoms with Gasteiger partial charge in [0.15, 0.2) is 5.76 Å². The maximum atomic E-state index is 12.6. The largest absolute Gasteiger partial charge is 0.497 e. The summed E-state index contributed by atoms with van der Waals surface area (Å²) in [4.78, 5) is 12.6. The van der Waals surface area contributed by atoms with Crippen LogP contribution in [0, 0.1) is 6.92 Å². The Bertz CT molecular complexity index is 1100. The standard InChI is InChI=1S/C20H17N3O3S/c1-12-15-11-14(25-2)8-9-16(15)26-18(12)19(24)21-20-23-22-17(27-20)10-13-6-4-3-5-7-13/h3-9,11H,10H2,1-2H3,(H,21,23,24). The number of aromatic nitrogens is 2. The van der Waals surface area contributed by atoms with Crippen LogP contribution in [0.3, 0.4) is 0 Å². The molecule has 1 amide bonds. The zero-order valence-electron chi connectivity index (χ0n) is 14.9. The average molecular weight is 379 g/mol. The first-order valence-corrected chi connectivity index (χ1v) is 9.20. The number of nitrogens with one attached hydrogen (secondary N) is 1. The molecule has 6 nitrogen and oxygen atoms in total. The van der Waals surface area contributed by atoms with Crippen molar-refractivity contribution < 1.29 is 13.9 Å². The van der Waals surface area contributed by atoms with Crippen molar-refractivity contribution in [3.8, 4) is 5.75 Å². The van der Waals surface area contributed by atoms with E-state index in [2.05, 4.69) is 15.5 Å². The highest BCUT2D eigenvalue weighted by Gasteiger charge is 2.19. The van der Waals surface area contributed by atoms with Crippen molar-refractivity contribution in [2.24, 2.45) is 0 Å². The Balaban J connectivity index is 1.53. The Kier molecular flexibility index (Phi) is 4.60. The lowest BCUT2D eigenvalue weighted by Crippen LogP contribution is -2.11. The average Bonchev–Trinajstić information content (AvgIpc) is 3.26. The first-order chi connectivity index (χ1) is 13.1. The van der Waals surface area contributed by atoms with Gasteiger partial charge in [-0.2, -0.15) is 0 Å². The van der Waals surface area contributed by atoms with Crippen LogP contribution in [0.1, 0.15) is 26.7 Å². The third-order valence-electron chi connectivity index (χ3n) is 4.24. The van der Waals surface area contributed by atoms with E-state index in [0.717, 1.165) is 21.5 Å². The molecule has 2 aromatic carbocycles. The number of rotatable bonds is 5. The molecule has 136 valence electrons. The summed E-state index contributed by atoms with van der Waals surface area (Å²) in [5.41, 5.74) is 2.55. The smallest absolute Gasteiger partial charge is 0.293 e. The van der Waals surface area contributed by atoms with Crippen LogP contribution >= 0.6 is 11.3 Å². The fraction of sp³-hybridized carbons (Fsp3) is 0.150. The normalized spacial score (nSPS) is 10.9. The monoisotopic (exact) mass is 379 g/mol. The maximum absolute atomic E-state index is 12.6. The number of fused-ring (bicyclic) bond motifs is 1. The van der Waals surface area contributed by atoms with Crippen molar-refractivity contribution in [1.82, 2.24) is 10.2 Å². The van der Waals surface area contributed by atoms with Crippen molar-refractivity contribution in [1.29, 1.82) is 0 Å². The van der Waals surface area contributed by atoms with Crippen molar-refractivity contribution in [2.45, 2.75) is 13.3 Å². The van der Waals surface area contributed by atoms with E-state index in [0.29, 0.717) is 22.9 Å². The van der Waals surface area contributed by atoms with Crippen LogP contribution in [0.5, 0.6) is 5.75 Å². The molecule has 0 aliphatic rings. The highest BCUT2D eigenvalue weighted by Crippen LogP contribution is 2.29. The molecule has 0 aliphatic carbocycles. The van der Waals surface area contributed by atoms with Crippen molar-refractivity contribution in [2.75, 3.05) is 12.4 Å². The maximum Gasteiger partial charge on any atom is 0.293 e.